The van der Waals surface area contributed by atoms with Gasteiger partial charge in [-0.25, -0.2) is 9.97 Å². The summed E-state index contributed by atoms with van der Waals surface area (Å²) >= 11 is 1.97. The summed E-state index contributed by atoms with van der Waals surface area (Å²) in [5.74, 6) is 1.70. The Kier molecular flexibility index (Phi) is 4.74. The van der Waals surface area contributed by atoms with Crippen LogP contribution < -0.4 is 0 Å². The van der Waals surface area contributed by atoms with Crippen molar-refractivity contribution in [2.24, 2.45) is 5.92 Å². The van der Waals surface area contributed by atoms with Gasteiger partial charge in [0.05, 0.1) is 10.9 Å². The number of nitrogens with zero attached hydrogens (tertiary/aromatic N) is 3. The zero-order chi connectivity index (χ0) is 16.4. The molecule has 3 fully saturated rings. The third kappa shape index (κ3) is 3.43. The van der Waals surface area contributed by atoms with Crippen molar-refractivity contribution < 1.29 is 14.3 Å². The van der Waals surface area contributed by atoms with Crippen molar-refractivity contribution in [3.05, 3.63) is 24.3 Å². The molecule has 1 aromatic heterocycles. The van der Waals surface area contributed by atoms with Crippen molar-refractivity contribution in [1.82, 2.24) is 14.9 Å². The topological polar surface area (TPSA) is 64.6 Å². The molecule has 1 amide bonds. The van der Waals surface area contributed by atoms with Crippen LogP contribution in [0.1, 0.15) is 29.8 Å². The zero-order valence-corrected chi connectivity index (χ0v) is 14.5. The maximum Gasteiger partial charge on any atom is 0.272 e. The summed E-state index contributed by atoms with van der Waals surface area (Å²) in [5.41, 5.74) is 0.482. The molecule has 1 atom stereocenters. The molecule has 0 N–H and O–H groups in total. The van der Waals surface area contributed by atoms with Gasteiger partial charge in [0.15, 0.2) is 0 Å². The molecular formula is C17H23N3O3S. The summed E-state index contributed by atoms with van der Waals surface area (Å²) in [6.45, 7) is 4.21. The number of hydrogen-bond acceptors (Lipinski definition) is 6. The third-order valence-electron chi connectivity index (χ3n) is 5.13. The van der Waals surface area contributed by atoms with Gasteiger partial charge in [-0.2, -0.15) is 0 Å². The lowest BCUT2D eigenvalue weighted by molar-refractivity contribution is -0.0119. The maximum atomic E-state index is 12.4. The highest BCUT2D eigenvalue weighted by Gasteiger charge is 2.51. The maximum absolute atomic E-state index is 12.4. The van der Waals surface area contributed by atoms with Crippen LogP contribution >= 0.6 is 11.8 Å². The van der Waals surface area contributed by atoms with Gasteiger partial charge in [0, 0.05) is 44.9 Å². The van der Waals surface area contributed by atoms with Gasteiger partial charge in [-0.05, 0) is 31.2 Å². The lowest BCUT2D eigenvalue weighted by Crippen LogP contribution is -2.60. The molecule has 0 saturated carbocycles. The Balaban J connectivity index is 1.23. The average Bonchev–Trinajstić information content (AvgIpc) is 3.04. The van der Waals surface area contributed by atoms with Gasteiger partial charge in [-0.1, -0.05) is 0 Å². The second kappa shape index (κ2) is 6.98. The van der Waals surface area contributed by atoms with Crippen LogP contribution in [0.15, 0.2) is 18.6 Å². The molecule has 0 bridgehead atoms. The third-order valence-corrected chi connectivity index (χ3v) is 6.71. The van der Waals surface area contributed by atoms with Crippen molar-refractivity contribution in [2.75, 3.05) is 38.7 Å². The van der Waals surface area contributed by atoms with E-state index in [1.807, 2.05) is 16.7 Å². The summed E-state index contributed by atoms with van der Waals surface area (Å²) in [6.07, 6.45) is 6.65. The van der Waals surface area contributed by atoms with E-state index in [2.05, 4.69) is 9.97 Å². The van der Waals surface area contributed by atoms with Gasteiger partial charge in [0.25, 0.3) is 5.91 Å². The van der Waals surface area contributed by atoms with Crippen molar-refractivity contribution in [3.63, 3.8) is 0 Å². The highest BCUT2D eigenvalue weighted by atomic mass is 32.2. The highest BCUT2D eigenvalue weighted by molar-refractivity contribution is 8.01. The first-order valence-electron chi connectivity index (χ1n) is 8.63. The smallest absolute Gasteiger partial charge is 0.272 e. The number of ether oxygens (including phenoxy) is 2. The van der Waals surface area contributed by atoms with E-state index in [9.17, 15) is 4.79 Å². The molecule has 130 valence electrons. The minimum Gasteiger partial charge on any atom is -0.381 e. The fraction of sp³-hybridized carbons (Fsp3) is 0.706. The SMILES string of the molecule is O=C(c1ccncn1)N1CC2(C[C@@H](OCC3CCOCC3)CS2)C1. The molecule has 4 rings (SSSR count). The minimum atomic E-state index is 0.00944. The molecule has 3 aliphatic heterocycles. The van der Waals surface area contributed by atoms with Gasteiger partial charge in [-0.3, -0.25) is 4.79 Å². The van der Waals surface area contributed by atoms with Crippen molar-refractivity contribution in [3.8, 4) is 0 Å². The number of aromatic nitrogens is 2. The van der Waals surface area contributed by atoms with Gasteiger partial charge in [-0.15, -0.1) is 11.8 Å². The van der Waals surface area contributed by atoms with Crippen LogP contribution in [0.2, 0.25) is 0 Å². The Labute approximate surface area is 146 Å². The van der Waals surface area contributed by atoms with E-state index < -0.39 is 0 Å². The van der Waals surface area contributed by atoms with E-state index in [1.165, 1.54) is 6.33 Å². The van der Waals surface area contributed by atoms with Gasteiger partial charge >= 0.3 is 0 Å². The van der Waals surface area contributed by atoms with E-state index in [0.717, 1.165) is 57.9 Å². The quantitative estimate of drug-likeness (QED) is 0.823. The minimum absolute atomic E-state index is 0.00944. The molecule has 24 heavy (non-hydrogen) atoms. The molecule has 1 spiro atoms. The predicted molar refractivity (Wildman–Crippen MR) is 91.0 cm³/mol. The Morgan fingerprint density at radius 3 is 3.00 bits per heavy atom. The second-order valence-electron chi connectivity index (χ2n) is 6.97. The first-order chi connectivity index (χ1) is 11.7. The second-order valence-corrected chi connectivity index (χ2v) is 8.45. The number of rotatable bonds is 4. The van der Waals surface area contributed by atoms with E-state index in [4.69, 9.17) is 9.47 Å². The van der Waals surface area contributed by atoms with Crippen molar-refractivity contribution in [1.29, 1.82) is 0 Å². The predicted octanol–water partition coefficient (Wildman–Crippen LogP) is 1.62. The normalized spacial score (nSPS) is 26.5. The van der Waals surface area contributed by atoms with Crippen LogP contribution in [0, 0.1) is 5.92 Å². The first-order valence-corrected chi connectivity index (χ1v) is 9.61. The van der Waals surface area contributed by atoms with Crippen LogP contribution in [0.3, 0.4) is 0 Å². The molecular weight excluding hydrogens is 326 g/mol. The lowest BCUT2D eigenvalue weighted by Gasteiger charge is -2.47. The average molecular weight is 349 g/mol. The number of thioether (sulfide) groups is 1. The van der Waals surface area contributed by atoms with Crippen LogP contribution in [-0.4, -0.2) is 70.3 Å². The van der Waals surface area contributed by atoms with E-state index in [1.54, 1.807) is 12.3 Å². The van der Waals surface area contributed by atoms with Gasteiger partial charge in [0.2, 0.25) is 0 Å². The zero-order valence-electron chi connectivity index (χ0n) is 13.7. The summed E-state index contributed by atoms with van der Waals surface area (Å²) in [5, 5.41) is 0. The first kappa shape index (κ1) is 16.3. The molecule has 1 aromatic rings. The standard InChI is InChI=1S/C17H23N3O3S/c21-16(15-1-4-18-12-19-15)20-10-17(11-20)7-14(9-24-17)23-8-13-2-5-22-6-3-13/h1,4,12-14H,2-3,5-11H2/t14-/m1/s1. The number of hydrogen-bond donors (Lipinski definition) is 0. The molecule has 0 unspecified atom stereocenters. The molecule has 0 aromatic carbocycles. The fourth-order valence-corrected chi connectivity index (χ4v) is 5.24. The molecule has 0 radical (unpaired) electrons. The number of amides is 1. The number of carbonyl (C=O) groups is 1. The lowest BCUT2D eigenvalue weighted by atomic mass is 9.92. The van der Waals surface area contributed by atoms with Crippen molar-refractivity contribution in [2.45, 2.75) is 30.1 Å². The molecule has 7 heteroatoms. The van der Waals surface area contributed by atoms with Crippen molar-refractivity contribution >= 4 is 17.7 Å². The molecule has 6 nitrogen and oxygen atoms in total. The summed E-state index contributed by atoms with van der Waals surface area (Å²) in [4.78, 5) is 22.2. The Bertz CT molecular complexity index is 574. The Morgan fingerprint density at radius 2 is 2.25 bits per heavy atom. The summed E-state index contributed by atoms with van der Waals surface area (Å²) in [7, 11) is 0. The molecule has 3 aliphatic rings. The van der Waals surface area contributed by atoms with Gasteiger partial charge in [0.1, 0.15) is 12.0 Å². The Hall–Kier alpha value is -1.18. The number of likely N-dealkylation sites (tertiary alicyclic amines) is 1. The number of carbonyl (C=O) groups excluding carboxylic acids is 1. The van der Waals surface area contributed by atoms with E-state index in [-0.39, 0.29) is 10.7 Å². The fourth-order valence-electron chi connectivity index (χ4n) is 3.69. The Morgan fingerprint density at radius 1 is 1.42 bits per heavy atom. The summed E-state index contributed by atoms with van der Waals surface area (Å²) < 4.78 is 11.7. The van der Waals surface area contributed by atoms with Crippen LogP contribution in [-0.2, 0) is 9.47 Å². The van der Waals surface area contributed by atoms with Gasteiger partial charge < -0.3 is 14.4 Å². The molecule has 4 heterocycles. The monoisotopic (exact) mass is 349 g/mol. The van der Waals surface area contributed by atoms with Crippen LogP contribution in [0.25, 0.3) is 0 Å². The van der Waals surface area contributed by atoms with E-state index in [0.29, 0.717) is 17.7 Å². The highest BCUT2D eigenvalue weighted by Crippen LogP contribution is 2.46. The van der Waals surface area contributed by atoms with E-state index >= 15 is 0 Å². The molecule has 3 saturated heterocycles. The largest absolute Gasteiger partial charge is 0.381 e. The van der Waals surface area contributed by atoms with Crippen LogP contribution in [0.4, 0.5) is 0 Å². The van der Waals surface area contributed by atoms with Crippen LogP contribution in [0.5, 0.6) is 0 Å². The molecule has 0 aliphatic carbocycles. The summed E-state index contributed by atoms with van der Waals surface area (Å²) in [6, 6.07) is 1.68.